The SMILES string of the molecule is CCCCC/C=C\C/C=C\CCCCCCCCCCOC(OCCCCCC)C(C)N(C)C. The highest BCUT2D eigenvalue weighted by Crippen LogP contribution is 2.13. The maximum absolute atomic E-state index is 6.13. The lowest BCUT2D eigenvalue weighted by Crippen LogP contribution is -2.40. The molecule has 0 fully saturated rings. The van der Waals surface area contributed by atoms with E-state index in [1.54, 1.807) is 0 Å². The van der Waals surface area contributed by atoms with E-state index >= 15 is 0 Å². The molecule has 0 saturated heterocycles. The van der Waals surface area contributed by atoms with E-state index in [0.29, 0.717) is 0 Å². The number of unbranched alkanes of at least 4 members (excludes halogenated alkanes) is 14. The zero-order chi connectivity index (χ0) is 25.1. The van der Waals surface area contributed by atoms with Gasteiger partial charge in [-0.2, -0.15) is 0 Å². The third-order valence-corrected chi connectivity index (χ3v) is 6.62. The molecule has 0 heterocycles. The predicted octanol–water partition coefficient (Wildman–Crippen LogP) is 9.47. The molecule has 3 nitrogen and oxygen atoms in total. The Balaban J connectivity index is 3.57. The van der Waals surface area contributed by atoms with Gasteiger partial charge in [0.2, 0.25) is 0 Å². The third kappa shape index (κ3) is 23.1. The lowest BCUT2D eigenvalue weighted by molar-refractivity contribution is -0.172. The van der Waals surface area contributed by atoms with Crippen LogP contribution in [0.3, 0.4) is 0 Å². The van der Waals surface area contributed by atoms with Gasteiger partial charge in [0.05, 0.1) is 6.04 Å². The highest BCUT2D eigenvalue weighted by Gasteiger charge is 2.20. The van der Waals surface area contributed by atoms with Gasteiger partial charge in [-0.25, -0.2) is 0 Å². The average Bonchev–Trinajstić information content (AvgIpc) is 2.83. The first kappa shape index (κ1) is 33.4. The number of allylic oxidation sites excluding steroid dienone is 4. The van der Waals surface area contributed by atoms with Gasteiger partial charge in [-0.1, -0.05) is 109 Å². The Kier molecular flexibility index (Phi) is 26.4. The normalized spacial score (nSPS) is 14.1. The molecule has 0 aromatic heterocycles. The Labute approximate surface area is 214 Å². The number of hydrogen-bond acceptors (Lipinski definition) is 3. The summed E-state index contributed by atoms with van der Waals surface area (Å²) < 4.78 is 12.2. The summed E-state index contributed by atoms with van der Waals surface area (Å²) in [4.78, 5) is 2.19. The first-order valence-electron chi connectivity index (χ1n) is 14.8. The molecule has 0 radical (unpaired) electrons. The van der Waals surface area contributed by atoms with Crippen molar-refractivity contribution in [2.75, 3.05) is 27.3 Å². The van der Waals surface area contributed by atoms with Gasteiger partial charge in [-0.15, -0.1) is 0 Å². The van der Waals surface area contributed by atoms with Crippen LogP contribution in [0.2, 0.25) is 0 Å². The van der Waals surface area contributed by atoms with Crippen molar-refractivity contribution in [3.05, 3.63) is 24.3 Å². The first-order chi connectivity index (χ1) is 16.6. The van der Waals surface area contributed by atoms with Gasteiger partial charge >= 0.3 is 0 Å². The monoisotopic (exact) mass is 479 g/mol. The van der Waals surface area contributed by atoms with Gasteiger partial charge in [0.15, 0.2) is 6.29 Å². The van der Waals surface area contributed by atoms with Crippen LogP contribution in [-0.2, 0) is 9.47 Å². The van der Waals surface area contributed by atoms with Crippen molar-refractivity contribution in [1.29, 1.82) is 0 Å². The lowest BCUT2D eigenvalue weighted by Gasteiger charge is -2.29. The molecule has 0 bridgehead atoms. The lowest BCUT2D eigenvalue weighted by atomic mass is 10.1. The fourth-order valence-electron chi connectivity index (χ4n) is 3.94. The molecule has 0 aliphatic carbocycles. The van der Waals surface area contributed by atoms with Crippen molar-refractivity contribution in [3.63, 3.8) is 0 Å². The van der Waals surface area contributed by atoms with Gasteiger partial charge < -0.3 is 14.4 Å². The van der Waals surface area contributed by atoms with Crippen LogP contribution in [0.25, 0.3) is 0 Å². The minimum Gasteiger partial charge on any atom is -0.351 e. The number of hydrogen-bond donors (Lipinski definition) is 0. The van der Waals surface area contributed by atoms with Crippen molar-refractivity contribution < 1.29 is 9.47 Å². The summed E-state index contributed by atoms with van der Waals surface area (Å²) in [7, 11) is 4.21. The summed E-state index contributed by atoms with van der Waals surface area (Å²) in [5.74, 6) is 0. The van der Waals surface area contributed by atoms with Crippen LogP contribution in [0.4, 0.5) is 0 Å². The Morgan fingerprint density at radius 2 is 0.971 bits per heavy atom. The number of rotatable bonds is 26. The Morgan fingerprint density at radius 1 is 0.559 bits per heavy atom. The highest BCUT2D eigenvalue weighted by molar-refractivity contribution is 4.92. The van der Waals surface area contributed by atoms with E-state index in [9.17, 15) is 0 Å². The van der Waals surface area contributed by atoms with E-state index in [-0.39, 0.29) is 12.3 Å². The van der Waals surface area contributed by atoms with E-state index in [1.165, 1.54) is 96.3 Å². The average molecular weight is 480 g/mol. The van der Waals surface area contributed by atoms with Gasteiger partial charge in [-0.3, -0.25) is 0 Å². The smallest absolute Gasteiger partial charge is 0.172 e. The Hall–Kier alpha value is -0.640. The van der Waals surface area contributed by atoms with E-state index < -0.39 is 0 Å². The molecule has 0 N–H and O–H groups in total. The molecule has 0 aliphatic rings. The molecule has 3 heteroatoms. The number of likely N-dealkylation sites (N-methyl/N-ethyl adjacent to an activating group) is 1. The fourth-order valence-corrected chi connectivity index (χ4v) is 3.94. The molecule has 0 amide bonds. The number of ether oxygens (including phenoxy) is 2. The molecular formula is C31H61NO2. The van der Waals surface area contributed by atoms with Gasteiger partial charge in [0.1, 0.15) is 0 Å². The molecule has 2 unspecified atom stereocenters. The van der Waals surface area contributed by atoms with Gasteiger partial charge in [0, 0.05) is 13.2 Å². The molecule has 0 aromatic rings. The standard InChI is InChI=1S/C31H61NO2/c1-6-8-10-12-13-14-15-16-17-18-19-20-21-22-23-24-25-27-29-34-31(30(3)32(4)5)33-28-26-11-9-7-2/h13-14,16-17,30-31H,6-12,15,18-29H2,1-5H3/b14-13-,17-16-. The van der Waals surface area contributed by atoms with Crippen molar-refractivity contribution in [3.8, 4) is 0 Å². The second-order valence-corrected chi connectivity index (χ2v) is 10.2. The van der Waals surface area contributed by atoms with Crippen LogP contribution in [0.15, 0.2) is 24.3 Å². The van der Waals surface area contributed by atoms with Crippen molar-refractivity contribution >= 4 is 0 Å². The zero-order valence-corrected chi connectivity index (χ0v) is 23.9. The third-order valence-electron chi connectivity index (χ3n) is 6.62. The van der Waals surface area contributed by atoms with E-state index in [0.717, 1.165) is 32.5 Å². The van der Waals surface area contributed by atoms with Gasteiger partial charge in [-0.05, 0) is 66.0 Å². The summed E-state index contributed by atoms with van der Waals surface area (Å²) in [6, 6.07) is 0.285. The van der Waals surface area contributed by atoms with Crippen LogP contribution >= 0.6 is 0 Å². The van der Waals surface area contributed by atoms with Crippen molar-refractivity contribution in [2.24, 2.45) is 0 Å². The van der Waals surface area contributed by atoms with Crippen molar-refractivity contribution in [1.82, 2.24) is 4.90 Å². The summed E-state index contributed by atoms with van der Waals surface area (Å²) in [6.45, 7) is 8.33. The highest BCUT2D eigenvalue weighted by atomic mass is 16.7. The topological polar surface area (TPSA) is 21.7 Å². The van der Waals surface area contributed by atoms with E-state index in [1.807, 2.05) is 0 Å². The second kappa shape index (κ2) is 27.0. The molecule has 202 valence electrons. The Morgan fingerprint density at radius 3 is 1.47 bits per heavy atom. The minimum atomic E-state index is -0.104. The number of nitrogens with zero attached hydrogens (tertiary/aromatic N) is 1. The molecule has 0 rings (SSSR count). The summed E-state index contributed by atoms with van der Waals surface area (Å²) in [5, 5.41) is 0. The molecular weight excluding hydrogens is 418 g/mol. The molecule has 0 saturated carbocycles. The van der Waals surface area contributed by atoms with Crippen LogP contribution in [-0.4, -0.2) is 44.5 Å². The largest absolute Gasteiger partial charge is 0.351 e. The quantitative estimate of drug-likeness (QED) is 0.0700. The maximum Gasteiger partial charge on any atom is 0.172 e. The first-order valence-corrected chi connectivity index (χ1v) is 14.8. The van der Waals surface area contributed by atoms with Crippen molar-refractivity contribution in [2.45, 2.75) is 149 Å². The van der Waals surface area contributed by atoms with Gasteiger partial charge in [0.25, 0.3) is 0 Å². The molecule has 34 heavy (non-hydrogen) atoms. The predicted molar refractivity (Wildman–Crippen MR) is 152 cm³/mol. The molecule has 0 aliphatic heterocycles. The van der Waals surface area contributed by atoms with E-state index in [2.05, 4.69) is 64.1 Å². The minimum absolute atomic E-state index is 0.104. The van der Waals surface area contributed by atoms with Crippen LogP contribution in [0.1, 0.15) is 136 Å². The second-order valence-electron chi connectivity index (χ2n) is 10.2. The fraction of sp³-hybridized carbons (Fsp3) is 0.871. The maximum atomic E-state index is 6.13. The molecule has 0 aromatic carbocycles. The van der Waals surface area contributed by atoms with E-state index in [4.69, 9.17) is 9.47 Å². The molecule has 2 atom stereocenters. The summed E-state index contributed by atoms with van der Waals surface area (Å²) >= 11 is 0. The van der Waals surface area contributed by atoms with Crippen LogP contribution in [0, 0.1) is 0 Å². The van der Waals surface area contributed by atoms with Crippen LogP contribution in [0.5, 0.6) is 0 Å². The summed E-state index contributed by atoms with van der Waals surface area (Å²) in [6.07, 6.45) is 32.4. The Bertz CT molecular complexity index is 447. The molecule has 0 spiro atoms. The van der Waals surface area contributed by atoms with Crippen LogP contribution < -0.4 is 0 Å². The summed E-state index contributed by atoms with van der Waals surface area (Å²) in [5.41, 5.74) is 0. The zero-order valence-electron chi connectivity index (χ0n) is 23.9.